The summed E-state index contributed by atoms with van der Waals surface area (Å²) in [5, 5.41) is 13.8. The Labute approximate surface area is 217 Å². The zero-order valence-corrected chi connectivity index (χ0v) is 22.8. The van der Waals surface area contributed by atoms with Gasteiger partial charge in [-0.2, -0.15) is 0 Å². The molecule has 0 aromatic heterocycles. The van der Waals surface area contributed by atoms with Gasteiger partial charge in [0.1, 0.15) is 0 Å². The van der Waals surface area contributed by atoms with Crippen molar-refractivity contribution in [2.24, 2.45) is 17.6 Å². The maximum atomic E-state index is 11.3. The van der Waals surface area contributed by atoms with Gasteiger partial charge in [-0.05, 0) is 48.8 Å². The number of halogens is 1. The molecule has 1 heterocycles. The molecule has 0 saturated carbocycles. The molecule has 0 unspecified atom stereocenters. The third-order valence-corrected chi connectivity index (χ3v) is 6.61. The Morgan fingerprint density at radius 2 is 2.00 bits per heavy atom. The summed E-state index contributed by atoms with van der Waals surface area (Å²) < 4.78 is 16.5. The first-order chi connectivity index (χ1) is 16.2. The van der Waals surface area contributed by atoms with Gasteiger partial charge < -0.3 is 30.4 Å². The van der Waals surface area contributed by atoms with E-state index >= 15 is 0 Å². The number of carbonyl (C=O) groups is 1. The molecule has 1 fully saturated rings. The number of nitrogens with two attached hydrogens (primary N) is 1. The molecular weight excluding hydrogens is 470 g/mol. The first-order valence-corrected chi connectivity index (χ1v) is 12.4. The van der Waals surface area contributed by atoms with E-state index in [9.17, 15) is 9.90 Å². The van der Waals surface area contributed by atoms with Crippen LogP contribution in [0.2, 0.25) is 0 Å². The summed E-state index contributed by atoms with van der Waals surface area (Å²) in [5.41, 5.74) is 7.64. The van der Waals surface area contributed by atoms with E-state index in [4.69, 9.17) is 19.9 Å². The van der Waals surface area contributed by atoms with Crippen LogP contribution in [-0.4, -0.2) is 81.2 Å². The van der Waals surface area contributed by atoms with E-state index in [1.165, 1.54) is 5.56 Å². The highest BCUT2D eigenvalue weighted by Gasteiger charge is 2.28. The Balaban J connectivity index is 0.00000612. The summed E-state index contributed by atoms with van der Waals surface area (Å²) in [6.45, 7) is 9.32. The van der Waals surface area contributed by atoms with Crippen molar-refractivity contribution in [2.75, 3.05) is 47.1 Å². The predicted octanol–water partition coefficient (Wildman–Crippen LogP) is 2.64. The average molecular weight is 516 g/mol. The number of β-amino-alcohol motifs (C(OH)–C–C–N with tert-alkyl or cyclic N) is 1. The minimum Gasteiger partial charge on any atom is -0.493 e. The van der Waals surface area contributed by atoms with Crippen LogP contribution in [0.4, 0.5) is 0 Å². The van der Waals surface area contributed by atoms with Gasteiger partial charge in [-0.15, -0.1) is 12.4 Å². The third-order valence-electron chi connectivity index (χ3n) is 6.61. The van der Waals surface area contributed by atoms with Gasteiger partial charge in [0.25, 0.3) is 0 Å². The smallest absolute Gasteiger partial charge is 0.217 e. The van der Waals surface area contributed by atoms with Crippen LogP contribution in [0.3, 0.4) is 0 Å². The summed E-state index contributed by atoms with van der Waals surface area (Å²) in [4.78, 5) is 13.5. The molecule has 8 nitrogen and oxygen atoms in total. The van der Waals surface area contributed by atoms with Crippen LogP contribution in [0.25, 0.3) is 0 Å². The van der Waals surface area contributed by atoms with Gasteiger partial charge in [0.15, 0.2) is 11.5 Å². The van der Waals surface area contributed by atoms with Gasteiger partial charge in [-0.25, -0.2) is 0 Å². The van der Waals surface area contributed by atoms with E-state index in [1.54, 1.807) is 21.1 Å². The molecule has 1 amide bonds. The molecule has 0 spiro atoms. The zero-order chi connectivity index (χ0) is 25.1. The molecule has 0 aliphatic carbocycles. The molecule has 35 heavy (non-hydrogen) atoms. The van der Waals surface area contributed by atoms with Crippen molar-refractivity contribution in [2.45, 2.75) is 64.6 Å². The second-order valence-corrected chi connectivity index (χ2v) is 9.80. The topological polar surface area (TPSA) is 106 Å². The number of methoxy groups -OCH3 is 2. The molecule has 1 aromatic rings. The summed E-state index contributed by atoms with van der Waals surface area (Å²) in [5.74, 6) is 2.20. The lowest BCUT2D eigenvalue weighted by Crippen LogP contribution is -2.45. The van der Waals surface area contributed by atoms with E-state index in [2.05, 4.69) is 36.2 Å². The summed E-state index contributed by atoms with van der Waals surface area (Å²) in [6, 6.07) is 5.92. The SMILES string of the molecule is COCCCOc1cc(C[C@@H](C[C@H](N)[C@@H](O)CN2CC[C@@H](NC(C)=O)C2)C(C)C)ccc1OC.Cl. The molecule has 4 atom stereocenters. The number of aliphatic hydroxyl groups is 1. The lowest BCUT2D eigenvalue weighted by molar-refractivity contribution is -0.119. The van der Waals surface area contributed by atoms with E-state index in [0.29, 0.717) is 31.6 Å². The molecule has 0 bridgehead atoms. The van der Waals surface area contributed by atoms with Crippen LogP contribution < -0.4 is 20.5 Å². The molecule has 1 aliphatic heterocycles. The van der Waals surface area contributed by atoms with Crippen molar-refractivity contribution in [3.05, 3.63) is 23.8 Å². The van der Waals surface area contributed by atoms with Gasteiger partial charge in [-0.1, -0.05) is 19.9 Å². The second kappa shape index (κ2) is 16.2. The summed E-state index contributed by atoms with van der Waals surface area (Å²) in [6.07, 6.45) is 2.70. The van der Waals surface area contributed by atoms with E-state index in [0.717, 1.165) is 50.3 Å². The van der Waals surface area contributed by atoms with Crippen LogP contribution >= 0.6 is 12.4 Å². The number of likely N-dealkylation sites (tertiary alicyclic amines) is 1. The number of nitrogens with one attached hydrogen (secondary N) is 1. The van der Waals surface area contributed by atoms with Crippen LogP contribution in [0, 0.1) is 11.8 Å². The Morgan fingerprint density at radius 3 is 2.63 bits per heavy atom. The first kappa shape index (κ1) is 31.4. The molecule has 9 heteroatoms. The van der Waals surface area contributed by atoms with Gasteiger partial charge >= 0.3 is 0 Å². The molecule has 1 aliphatic rings. The van der Waals surface area contributed by atoms with E-state index < -0.39 is 6.10 Å². The number of amides is 1. The van der Waals surface area contributed by atoms with Gasteiger partial charge in [0.2, 0.25) is 5.91 Å². The van der Waals surface area contributed by atoms with Crippen LogP contribution in [0.1, 0.15) is 45.6 Å². The highest BCUT2D eigenvalue weighted by atomic mass is 35.5. The van der Waals surface area contributed by atoms with Crippen molar-refractivity contribution in [1.82, 2.24) is 10.2 Å². The lowest BCUT2D eigenvalue weighted by Gasteiger charge is -2.29. The first-order valence-electron chi connectivity index (χ1n) is 12.4. The maximum Gasteiger partial charge on any atom is 0.217 e. The monoisotopic (exact) mass is 515 g/mol. The maximum absolute atomic E-state index is 11.3. The van der Waals surface area contributed by atoms with Crippen molar-refractivity contribution >= 4 is 18.3 Å². The lowest BCUT2D eigenvalue weighted by atomic mass is 9.83. The highest BCUT2D eigenvalue weighted by molar-refractivity contribution is 5.85. The Hall–Kier alpha value is -1.58. The fraction of sp³-hybridized carbons (Fsp3) is 0.731. The molecule has 1 saturated heterocycles. The average Bonchev–Trinajstić information content (AvgIpc) is 3.22. The highest BCUT2D eigenvalue weighted by Crippen LogP contribution is 2.31. The molecule has 202 valence electrons. The Kier molecular flexibility index (Phi) is 14.6. The standard InChI is InChI=1S/C26H45N3O5.ClH/c1-18(2)21(13-20-7-8-25(33-5)26(14-20)34-12-6-11-32-4)15-23(27)24(31)17-29-10-9-22(16-29)28-19(3)30;/h7-8,14,18,21-24,31H,6,9-13,15-17,27H2,1-5H3,(H,28,30);1H/t21-,22+,23-,24-;/m0./s1. The molecule has 1 aromatic carbocycles. The van der Waals surface area contributed by atoms with Crippen LogP contribution in [0.5, 0.6) is 11.5 Å². The van der Waals surface area contributed by atoms with Gasteiger partial charge in [0.05, 0.1) is 19.8 Å². The fourth-order valence-electron chi connectivity index (χ4n) is 4.55. The number of carbonyl (C=O) groups excluding carboxylic acids is 1. The van der Waals surface area contributed by atoms with Crippen LogP contribution in [0.15, 0.2) is 18.2 Å². The largest absolute Gasteiger partial charge is 0.493 e. The molecule has 2 rings (SSSR count). The van der Waals surface area contributed by atoms with Crippen molar-refractivity contribution in [3.8, 4) is 11.5 Å². The number of nitrogens with zero attached hydrogens (tertiary/aromatic N) is 1. The summed E-state index contributed by atoms with van der Waals surface area (Å²) >= 11 is 0. The van der Waals surface area contributed by atoms with Crippen molar-refractivity contribution in [1.29, 1.82) is 0 Å². The third kappa shape index (κ3) is 10.9. The second-order valence-electron chi connectivity index (χ2n) is 9.80. The number of hydrogen-bond acceptors (Lipinski definition) is 7. The van der Waals surface area contributed by atoms with Gasteiger partial charge in [-0.3, -0.25) is 9.69 Å². The fourth-order valence-corrected chi connectivity index (χ4v) is 4.55. The molecule has 0 radical (unpaired) electrons. The molecule has 4 N–H and O–H groups in total. The summed E-state index contributed by atoms with van der Waals surface area (Å²) in [7, 11) is 3.33. The van der Waals surface area contributed by atoms with E-state index in [1.807, 2.05) is 6.07 Å². The van der Waals surface area contributed by atoms with Crippen LogP contribution in [-0.2, 0) is 16.0 Å². The van der Waals surface area contributed by atoms with Gasteiger partial charge in [0, 0.05) is 58.8 Å². The van der Waals surface area contributed by atoms with E-state index in [-0.39, 0.29) is 30.4 Å². The Bertz CT molecular complexity index is 752. The predicted molar refractivity (Wildman–Crippen MR) is 142 cm³/mol. The molecular formula is C26H46ClN3O5. The normalized spacial score (nSPS) is 18.6. The number of rotatable bonds is 15. The van der Waals surface area contributed by atoms with Crippen molar-refractivity contribution in [3.63, 3.8) is 0 Å². The Morgan fingerprint density at radius 1 is 1.26 bits per heavy atom. The number of hydrogen-bond donors (Lipinski definition) is 3. The van der Waals surface area contributed by atoms with Crippen molar-refractivity contribution < 1.29 is 24.1 Å². The minimum absolute atomic E-state index is 0. The zero-order valence-electron chi connectivity index (χ0n) is 22.0. The minimum atomic E-state index is -0.604. The number of ether oxygens (including phenoxy) is 3. The quantitative estimate of drug-likeness (QED) is 0.308. The number of benzene rings is 1. The number of aliphatic hydroxyl groups excluding tert-OH is 1.